The van der Waals surface area contributed by atoms with Crippen LogP contribution in [0.1, 0.15) is 25.5 Å². The number of benzene rings is 2. The highest BCUT2D eigenvalue weighted by molar-refractivity contribution is 6.32. The summed E-state index contributed by atoms with van der Waals surface area (Å²) in [6.45, 7) is 5.46. The van der Waals surface area contributed by atoms with Gasteiger partial charge >= 0.3 is 0 Å². The van der Waals surface area contributed by atoms with Crippen molar-refractivity contribution < 1.29 is 14.3 Å². The lowest BCUT2D eigenvalue weighted by atomic mass is 10.0. The van der Waals surface area contributed by atoms with Gasteiger partial charge in [0, 0.05) is 18.8 Å². The molecule has 2 aromatic rings. The second-order valence-corrected chi connectivity index (χ2v) is 7.27. The summed E-state index contributed by atoms with van der Waals surface area (Å²) in [6, 6.07) is 14.6. The zero-order valence-corrected chi connectivity index (χ0v) is 16.6. The molecule has 0 saturated carbocycles. The molecule has 0 bridgehead atoms. The van der Waals surface area contributed by atoms with E-state index in [4.69, 9.17) is 21.1 Å². The van der Waals surface area contributed by atoms with Crippen LogP contribution in [0.3, 0.4) is 0 Å². The summed E-state index contributed by atoms with van der Waals surface area (Å²) in [5.74, 6) is 0.480. The molecule has 1 fully saturated rings. The van der Waals surface area contributed by atoms with E-state index in [9.17, 15) is 4.79 Å². The van der Waals surface area contributed by atoms with Gasteiger partial charge in [0.25, 0.3) is 0 Å². The van der Waals surface area contributed by atoms with Gasteiger partial charge in [-0.2, -0.15) is 0 Å². The van der Waals surface area contributed by atoms with Crippen LogP contribution < -0.4 is 10.1 Å². The van der Waals surface area contributed by atoms with E-state index < -0.39 is 6.04 Å². The van der Waals surface area contributed by atoms with Crippen LogP contribution in [-0.4, -0.2) is 43.2 Å². The number of amides is 1. The fraction of sp³-hybridized carbons (Fsp3) is 0.381. The molecule has 27 heavy (non-hydrogen) atoms. The Bertz CT molecular complexity index is 774. The Morgan fingerprint density at radius 3 is 2.44 bits per heavy atom. The number of carbonyl (C=O) groups is 1. The van der Waals surface area contributed by atoms with Gasteiger partial charge in [-0.25, -0.2) is 0 Å². The molecule has 0 spiro atoms. The van der Waals surface area contributed by atoms with E-state index in [0.717, 1.165) is 5.56 Å². The van der Waals surface area contributed by atoms with Crippen molar-refractivity contribution in [2.24, 2.45) is 0 Å². The Morgan fingerprint density at radius 2 is 1.85 bits per heavy atom. The fourth-order valence-electron chi connectivity index (χ4n) is 3.55. The van der Waals surface area contributed by atoms with Crippen LogP contribution in [0.15, 0.2) is 48.5 Å². The lowest BCUT2D eigenvalue weighted by molar-refractivity contribution is -0.128. The largest absolute Gasteiger partial charge is 0.495 e. The number of hydrogen-bond donors (Lipinski definition) is 1. The molecule has 6 heteroatoms. The van der Waals surface area contributed by atoms with E-state index in [2.05, 4.69) is 10.2 Å². The minimum Gasteiger partial charge on any atom is -0.495 e. The van der Waals surface area contributed by atoms with Crippen molar-refractivity contribution in [1.82, 2.24) is 4.90 Å². The van der Waals surface area contributed by atoms with Crippen molar-refractivity contribution >= 4 is 23.2 Å². The first kappa shape index (κ1) is 19.7. The lowest BCUT2D eigenvalue weighted by Crippen LogP contribution is -2.49. The van der Waals surface area contributed by atoms with Gasteiger partial charge in [0.2, 0.25) is 5.91 Å². The highest BCUT2D eigenvalue weighted by Crippen LogP contribution is 2.30. The number of halogens is 1. The predicted octanol–water partition coefficient (Wildman–Crippen LogP) is 4.14. The molecule has 144 valence electrons. The lowest BCUT2D eigenvalue weighted by Gasteiger charge is -2.39. The van der Waals surface area contributed by atoms with E-state index in [0.29, 0.717) is 29.5 Å². The normalized spacial score (nSPS) is 21.5. The Kier molecular flexibility index (Phi) is 6.37. The Hall–Kier alpha value is -2.08. The van der Waals surface area contributed by atoms with Crippen LogP contribution in [0.4, 0.5) is 5.69 Å². The molecular formula is C21H25ClN2O3. The van der Waals surface area contributed by atoms with Gasteiger partial charge in [-0.05, 0) is 37.6 Å². The van der Waals surface area contributed by atoms with Gasteiger partial charge < -0.3 is 14.8 Å². The maximum absolute atomic E-state index is 13.2. The highest BCUT2D eigenvalue weighted by atomic mass is 35.5. The Morgan fingerprint density at radius 1 is 1.19 bits per heavy atom. The fourth-order valence-corrected chi connectivity index (χ4v) is 3.80. The SMILES string of the molecule is COc1ccc(NC(=O)[C@@H](c2ccccc2)N2C[C@H](C)O[C@@H](C)C2)cc1Cl. The summed E-state index contributed by atoms with van der Waals surface area (Å²) in [7, 11) is 1.56. The van der Waals surface area contributed by atoms with E-state index in [1.165, 1.54) is 0 Å². The van der Waals surface area contributed by atoms with Crippen molar-refractivity contribution in [2.75, 3.05) is 25.5 Å². The first-order valence-electron chi connectivity index (χ1n) is 9.06. The van der Waals surface area contributed by atoms with Crippen LogP contribution in [0.25, 0.3) is 0 Å². The smallest absolute Gasteiger partial charge is 0.246 e. The number of methoxy groups -OCH3 is 1. The quantitative estimate of drug-likeness (QED) is 0.836. The molecule has 1 heterocycles. The van der Waals surface area contributed by atoms with E-state index in [1.54, 1.807) is 25.3 Å². The summed E-state index contributed by atoms with van der Waals surface area (Å²) in [5, 5.41) is 3.46. The molecule has 1 saturated heterocycles. The number of hydrogen-bond acceptors (Lipinski definition) is 4. The second kappa shape index (κ2) is 8.74. The van der Waals surface area contributed by atoms with Crippen LogP contribution in [0.5, 0.6) is 5.75 Å². The average molecular weight is 389 g/mol. The maximum Gasteiger partial charge on any atom is 0.246 e. The molecular weight excluding hydrogens is 364 g/mol. The monoisotopic (exact) mass is 388 g/mol. The molecule has 0 aliphatic carbocycles. The molecule has 0 unspecified atom stereocenters. The van der Waals surface area contributed by atoms with Crippen LogP contribution in [0, 0.1) is 0 Å². The molecule has 1 aliphatic heterocycles. The molecule has 0 radical (unpaired) electrons. The third kappa shape index (κ3) is 4.80. The van der Waals surface area contributed by atoms with Gasteiger partial charge in [0.05, 0.1) is 24.3 Å². The minimum atomic E-state index is -0.402. The van der Waals surface area contributed by atoms with Gasteiger partial charge in [-0.15, -0.1) is 0 Å². The van der Waals surface area contributed by atoms with E-state index >= 15 is 0 Å². The molecule has 2 aromatic carbocycles. The molecule has 3 rings (SSSR count). The number of nitrogens with one attached hydrogen (secondary N) is 1. The summed E-state index contributed by atoms with van der Waals surface area (Å²) < 4.78 is 11.0. The van der Waals surface area contributed by atoms with Gasteiger partial charge in [0.15, 0.2) is 0 Å². The Balaban J connectivity index is 1.86. The third-order valence-corrected chi connectivity index (χ3v) is 4.89. The zero-order valence-electron chi connectivity index (χ0n) is 15.8. The van der Waals surface area contributed by atoms with Gasteiger partial charge in [-0.1, -0.05) is 41.9 Å². The first-order chi connectivity index (χ1) is 13.0. The summed E-state index contributed by atoms with van der Waals surface area (Å²) in [4.78, 5) is 15.4. The second-order valence-electron chi connectivity index (χ2n) is 6.86. The molecule has 3 atom stereocenters. The number of ether oxygens (including phenoxy) is 2. The number of nitrogens with zero attached hydrogens (tertiary/aromatic N) is 1. The van der Waals surface area contributed by atoms with Gasteiger partial charge in [0.1, 0.15) is 11.8 Å². The molecule has 5 nitrogen and oxygen atoms in total. The molecule has 1 N–H and O–H groups in total. The number of rotatable bonds is 5. The van der Waals surface area contributed by atoms with E-state index in [1.807, 2.05) is 44.2 Å². The summed E-state index contributed by atoms with van der Waals surface area (Å²) in [6.07, 6.45) is 0.145. The predicted molar refractivity (Wildman–Crippen MR) is 107 cm³/mol. The van der Waals surface area contributed by atoms with Crippen molar-refractivity contribution in [3.63, 3.8) is 0 Å². The summed E-state index contributed by atoms with van der Waals surface area (Å²) in [5.41, 5.74) is 1.59. The zero-order chi connectivity index (χ0) is 19.4. The standard InChI is InChI=1S/C21H25ClN2O3/c1-14-12-24(13-15(2)27-14)20(16-7-5-4-6-8-16)21(25)23-17-9-10-19(26-3)18(22)11-17/h4-11,14-15,20H,12-13H2,1-3H3,(H,23,25)/t14-,15-,20+/m0/s1. The van der Waals surface area contributed by atoms with Crippen molar-refractivity contribution in [3.05, 3.63) is 59.1 Å². The topological polar surface area (TPSA) is 50.8 Å². The van der Waals surface area contributed by atoms with Crippen LogP contribution >= 0.6 is 11.6 Å². The van der Waals surface area contributed by atoms with Crippen molar-refractivity contribution in [3.8, 4) is 5.75 Å². The van der Waals surface area contributed by atoms with Crippen molar-refractivity contribution in [1.29, 1.82) is 0 Å². The van der Waals surface area contributed by atoms with Gasteiger partial charge in [-0.3, -0.25) is 9.69 Å². The highest BCUT2D eigenvalue weighted by Gasteiger charge is 2.33. The third-order valence-electron chi connectivity index (χ3n) is 4.60. The van der Waals surface area contributed by atoms with E-state index in [-0.39, 0.29) is 18.1 Å². The van der Waals surface area contributed by atoms with Crippen molar-refractivity contribution in [2.45, 2.75) is 32.1 Å². The number of morpholine rings is 1. The summed E-state index contributed by atoms with van der Waals surface area (Å²) >= 11 is 6.19. The van der Waals surface area contributed by atoms with Crippen LogP contribution in [0.2, 0.25) is 5.02 Å². The Labute approximate surface area is 165 Å². The first-order valence-corrected chi connectivity index (χ1v) is 9.44. The molecule has 1 amide bonds. The minimum absolute atomic E-state index is 0.0724. The maximum atomic E-state index is 13.2. The number of carbonyl (C=O) groups excluding carboxylic acids is 1. The molecule has 0 aromatic heterocycles. The van der Waals surface area contributed by atoms with Crippen LogP contribution in [-0.2, 0) is 9.53 Å². The number of anilines is 1. The molecule has 1 aliphatic rings. The average Bonchev–Trinajstić information content (AvgIpc) is 2.62.